The Hall–Kier alpha value is -0.0800. The van der Waals surface area contributed by atoms with Crippen molar-refractivity contribution >= 4 is 23.5 Å². The monoisotopic (exact) mass is 194 g/mol. The van der Waals surface area contributed by atoms with Gasteiger partial charge < -0.3 is 0 Å². The molecular formula is C10H10S2. The van der Waals surface area contributed by atoms with Gasteiger partial charge in [0.15, 0.2) is 0 Å². The molecule has 2 atom stereocenters. The van der Waals surface area contributed by atoms with Crippen LogP contribution in [0.3, 0.4) is 0 Å². The zero-order chi connectivity index (χ0) is 7.97. The van der Waals surface area contributed by atoms with Crippen LogP contribution in [-0.4, -0.2) is 11.5 Å². The van der Waals surface area contributed by atoms with Crippen molar-refractivity contribution in [3.8, 4) is 0 Å². The highest BCUT2D eigenvalue weighted by Gasteiger charge is 2.27. The van der Waals surface area contributed by atoms with Crippen molar-refractivity contribution in [3.05, 3.63) is 35.4 Å². The standard InChI is InChI=1S/C10H10S2/c1-2-8(10-6-12-10)4-3-7(1)9-5-11-9/h1-4,9-10H,5-6H2. The highest BCUT2D eigenvalue weighted by atomic mass is 32.2. The summed E-state index contributed by atoms with van der Waals surface area (Å²) in [5.41, 5.74) is 3.05. The average molecular weight is 194 g/mol. The molecule has 0 N–H and O–H groups in total. The summed E-state index contributed by atoms with van der Waals surface area (Å²) in [7, 11) is 0. The maximum absolute atomic E-state index is 2.30. The minimum atomic E-state index is 0.825. The second-order valence-electron chi connectivity index (χ2n) is 3.31. The first kappa shape index (κ1) is 7.34. The fourth-order valence-corrected chi connectivity index (χ4v) is 2.68. The average Bonchev–Trinajstić information content (AvgIpc) is 2.98. The van der Waals surface area contributed by atoms with E-state index in [2.05, 4.69) is 24.3 Å². The first-order valence-electron chi connectivity index (χ1n) is 4.26. The third kappa shape index (κ3) is 1.38. The molecule has 2 aliphatic heterocycles. The molecule has 2 heteroatoms. The van der Waals surface area contributed by atoms with Gasteiger partial charge in [0.1, 0.15) is 0 Å². The predicted octanol–water partition coefficient (Wildman–Crippen LogP) is 3.26. The van der Waals surface area contributed by atoms with E-state index in [9.17, 15) is 0 Å². The Morgan fingerprint density at radius 3 is 1.42 bits per heavy atom. The lowest BCUT2D eigenvalue weighted by Gasteiger charge is -1.98. The van der Waals surface area contributed by atoms with Gasteiger partial charge in [0.05, 0.1) is 0 Å². The molecule has 62 valence electrons. The van der Waals surface area contributed by atoms with Gasteiger partial charge >= 0.3 is 0 Å². The fraction of sp³-hybridized carbons (Fsp3) is 0.400. The van der Waals surface area contributed by atoms with E-state index in [-0.39, 0.29) is 0 Å². The molecular weight excluding hydrogens is 184 g/mol. The van der Waals surface area contributed by atoms with Crippen molar-refractivity contribution in [3.63, 3.8) is 0 Å². The Balaban J connectivity index is 1.86. The molecule has 2 saturated heterocycles. The molecule has 1 aromatic rings. The van der Waals surface area contributed by atoms with Gasteiger partial charge in [0.25, 0.3) is 0 Å². The second kappa shape index (κ2) is 2.71. The van der Waals surface area contributed by atoms with E-state index >= 15 is 0 Å². The summed E-state index contributed by atoms with van der Waals surface area (Å²) >= 11 is 4.09. The van der Waals surface area contributed by atoms with Crippen molar-refractivity contribution in [2.75, 3.05) is 11.5 Å². The third-order valence-electron chi connectivity index (χ3n) is 2.35. The van der Waals surface area contributed by atoms with E-state index in [0.29, 0.717) is 0 Å². The van der Waals surface area contributed by atoms with Crippen LogP contribution in [0, 0.1) is 0 Å². The molecule has 1 aromatic carbocycles. The first-order valence-corrected chi connectivity index (χ1v) is 6.36. The molecule has 0 saturated carbocycles. The molecule has 0 aromatic heterocycles. The molecule has 0 spiro atoms. The van der Waals surface area contributed by atoms with Crippen molar-refractivity contribution in [1.29, 1.82) is 0 Å². The van der Waals surface area contributed by atoms with E-state index in [0.717, 1.165) is 10.5 Å². The molecule has 0 radical (unpaired) electrons. The first-order chi connectivity index (χ1) is 5.93. The van der Waals surface area contributed by atoms with E-state index in [1.54, 1.807) is 0 Å². The van der Waals surface area contributed by atoms with Crippen molar-refractivity contribution in [2.45, 2.75) is 10.5 Å². The third-order valence-corrected chi connectivity index (χ3v) is 4.22. The molecule has 2 unspecified atom stereocenters. The summed E-state index contributed by atoms with van der Waals surface area (Å²) in [4.78, 5) is 0. The quantitative estimate of drug-likeness (QED) is 0.663. The molecule has 0 aliphatic carbocycles. The van der Waals surface area contributed by atoms with Gasteiger partial charge in [-0.3, -0.25) is 0 Å². The lowest BCUT2D eigenvalue weighted by atomic mass is 10.1. The van der Waals surface area contributed by atoms with Crippen molar-refractivity contribution < 1.29 is 0 Å². The number of hydrogen-bond acceptors (Lipinski definition) is 2. The van der Waals surface area contributed by atoms with Gasteiger partial charge in [0.2, 0.25) is 0 Å². The van der Waals surface area contributed by atoms with E-state index in [4.69, 9.17) is 0 Å². The van der Waals surface area contributed by atoms with Gasteiger partial charge in [-0.15, -0.1) is 0 Å². The summed E-state index contributed by atoms with van der Waals surface area (Å²) in [5.74, 6) is 2.66. The SMILES string of the molecule is c1cc(C2CS2)ccc1C1CS1. The summed E-state index contributed by atoms with van der Waals surface area (Å²) in [5, 5.41) is 1.65. The molecule has 3 rings (SSSR count). The molecule has 0 nitrogen and oxygen atoms in total. The van der Waals surface area contributed by atoms with E-state index < -0.39 is 0 Å². The van der Waals surface area contributed by atoms with Crippen molar-refractivity contribution in [2.24, 2.45) is 0 Å². The minimum absolute atomic E-state index is 0.825. The molecule has 0 bridgehead atoms. The molecule has 0 amide bonds. The van der Waals surface area contributed by atoms with Crippen LogP contribution in [0.25, 0.3) is 0 Å². The fourth-order valence-electron chi connectivity index (χ4n) is 1.41. The minimum Gasteiger partial charge on any atom is -0.151 e. The Morgan fingerprint density at radius 1 is 0.833 bits per heavy atom. The van der Waals surface area contributed by atoms with Gasteiger partial charge in [-0.05, 0) is 11.1 Å². The lowest BCUT2D eigenvalue weighted by molar-refractivity contribution is 1.18. The van der Waals surface area contributed by atoms with Crippen LogP contribution in [0.2, 0.25) is 0 Å². The number of hydrogen-bond donors (Lipinski definition) is 0. The zero-order valence-electron chi connectivity index (χ0n) is 6.69. The molecule has 2 fully saturated rings. The van der Waals surface area contributed by atoms with Crippen molar-refractivity contribution in [1.82, 2.24) is 0 Å². The Morgan fingerprint density at radius 2 is 1.17 bits per heavy atom. The highest BCUT2D eigenvalue weighted by molar-refractivity contribution is 8.06. The van der Waals surface area contributed by atoms with Gasteiger partial charge in [0, 0.05) is 22.0 Å². The van der Waals surface area contributed by atoms with Crippen LogP contribution < -0.4 is 0 Å². The Kier molecular flexibility index (Phi) is 1.66. The Labute approximate surface area is 81.1 Å². The van der Waals surface area contributed by atoms with Crippen LogP contribution in [0.4, 0.5) is 0 Å². The summed E-state index contributed by atoms with van der Waals surface area (Å²) in [6.07, 6.45) is 0. The van der Waals surface area contributed by atoms with E-state index in [1.807, 2.05) is 23.5 Å². The maximum atomic E-state index is 2.30. The van der Waals surface area contributed by atoms with Crippen LogP contribution in [0.15, 0.2) is 24.3 Å². The lowest BCUT2D eigenvalue weighted by Crippen LogP contribution is -1.82. The van der Waals surface area contributed by atoms with Gasteiger partial charge in [-0.25, -0.2) is 0 Å². The normalized spacial score (nSPS) is 31.7. The summed E-state index contributed by atoms with van der Waals surface area (Å²) < 4.78 is 0. The molecule has 2 heterocycles. The smallest absolute Gasteiger partial charge is 0.0388 e. The maximum Gasteiger partial charge on any atom is 0.0388 e. The second-order valence-corrected chi connectivity index (χ2v) is 5.78. The Bertz CT molecular complexity index is 252. The topological polar surface area (TPSA) is 0 Å². The van der Waals surface area contributed by atoms with Crippen LogP contribution >= 0.6 is 23.5 Å². The highest BCUT2D eigenvalue weighted by Crippen LogP contribution is 2.48. The van der Waals surface area contributed by atoms with E-state index in [1.165, 1.54) is 22.6 Å². The van der Waals surface area contributed by atoms with Gasteiger partial charge in [-0.1, -0.05) is 24.3 Å². The van der Waals surface area contributed by atoms with Crippen LogP contribution in [-0.2, 0) is 0 Å². The predicted molar refractivity (Wildman–Crippen MR) is 56.8 cm³/mol. The molecule has 12 heavy (non-hydrogen) atoms. The summed E-state index contributed by atoms with van der Waals surface area (Å²) in [6.45, 7) is 0. The molecule has 2 aliphatic rings. The van der Waals surface area contributed by atoms with Gasteiger partial charge in [-0.2, -0.15) is 23.5 Å². The number of thioether (sulfide) groups is 2. The number of benzene rings is 1. The van der Waals surface area contributed by atoms with Crippen LogP contribution in [0.1, 0.15) is 21.6 Å². The number of rotatable bonds is 2. The summed E-state index contributed by atoms with van der Waals surface area (Å²) in [6, 6.07) is 9.22. The largest absolute Gasteiger partial charge is 0.151 e. The van der Waals surface area contributed by atoms with Crippen LogP contribution in [0.5, 0.6) is 0 Å². The zero-order valence-corrected chi connectivity index (χ0v) is 8.33.